The number of likely N-dealkylation sites (tertiary alicyclic amines) is 1. The van der Waals surface area contributed by atoms with Crippen LogP contribution in [0.25, 0.3) is 0 Å². The number of alkyl halides is 1. The van der Waals surface area contributed by atoms with Crippen LogP contribution in [-0.2, 0) is 11.3 Å². The molecule has 1 atom stereocenters. The fourth-order valence-electron chi connectivity index (χ4n) is 2.02. The molecule has 1 unspecified atom stereocenters. The second-order valence-electron chi connectivity index (χ2n) is 4.49. The molecule has 1 aromatic rings. The highest BCUT2D eigenvalue weighted by Gasteiger charge is 2.23. The van der Waals surface area contributed by atoms with Crippen LogP contribution in [0.4, 0.5) is 4.39 Å². The van der Waals surface area contributed by atoms with Gasteiger partial charge in [-0.25, -0.2) is 4.39 Å². The highest BCUT2D eigenvalue weighted by atomic mass is 35.5. The first-order valence-corrected chi connectivity index (χ1v) is 6.39. The molecule has 1 heterocycles. The Balaban J connectivity index is 1.77. The minimum absolute atomic E-state index is 0.0935. The van der Waals surface area contributed by atoms with Gasteiger partial charge in [0.05, 0.1) is 6.54 Å². The zero-order valence-electron chi connectivity index (χ0n) is 10.0. The molecule has 0 radical (unpaired) electrons. The molecule has 2 rings (SSSR count). The number of amides is 1. The number of carbonyl (C=O) groups is 1. The lowest BCUT2D eigenvalue weighted by Crippen LogP contribution is -2.35. The Morgan fingerprint density at radius 2 is 2.28 bits per heavy atom. The average molecular weight is 271 g/mol. The van der Waals surface area contributed by atoms with Gasteiger partial charge in [0.15, 0.2) is 0 Å². The Morgan fingerprint density at radius 3 is 2.94 bits per heavy atom. The number of halogens is 2. The summed E-state index contributed by atoms with van der Waals surface area (Å²) in [5.41, 5.74) is 0.886. The summed E-state index contributed by atoms with van der Waals surface area (Å²) in [6.07, 6.45) is -0.265. The second-order valence-corrected chi connectivity index (χ2v) is 4.90. The number of hydrogen-bond donors (Lipinski definition) is 1. The van der Waals surface area contributed by atoms with Crippen molar-refractivity contribution in [3.8, 4) is 0 Å². The Hall–Kier alpha value is -1.13. The van der Waals surface area contributed by atoms with E-state index in [-0.39, 0.29) is 12.5 Å². The lowest BCUT2D eigenvalue weighted by molar-refractivity contribution is -0.122. The van der Waals surface area contributed by atoms with Crippen molar-refractivity contribution >= 4 is 17.5 Å². The van der Waals surface area contributed by atoms with Gasteiger partial charge < -0.3 is 5.32 Å². The number of hydrogen-bond acceptors (Lipinski definition) is 2. The van der Waals surface area contributed by atoms with Gasteiger partial charge in [0.2, 0.25) is 5.91 Å². The molecule has 0 bridgehead atoms. The van der Waals surface area contributed by atoms with Crippen LogP contribution in [0.5, 0.6) is 0 Å². The van der Waals surface area contributed by atoms with E-state index in [0.29, 0.717) is 31.1 Å². The number of nitrogens with one attached hydrogen (secondary N) is 1. The van der Waals surface area contributed by atoms with E-state index in [4.69, 9.17) is 11.6 Å². The molecule has 3 nitrogen and oxygen atoms in total. The maximum atomic E-state index is 12.9. The van der Waals surface area contributed by atoms with Crippen molar-refractivity contribution in [1.29, 1.82) is 0 Å². The number of carbonyl (C=O) groups excluding carboxylic acids is 1. The quantitative estimate of drug-likeness (QED) is 0.908. The Morgan fingerprint density at radius 1 is 1.50 bits per heavy atom. The molecule has 1 amide bonds. The van der Waals surface area contributed by atoms with Crippen molar-refractivity contribution in [3.05, 3.63) is 34.9 Å². The number of benzene rings is 1. The Labute approximate surface area is 111 Å². The van der Waals surface area contributed by atoms with Gasteiger partial charge >= 0.3 is 0 Å². The van der Waals surface area contributed by atoms with E-state index >= 15 is 0 Å². The van der Waals surface area contributed by atoms with Crippen molar-refractivity contribution in [2.24, 2.45) is 0 Å². The highest BCUT2D eigenvalue weighted by Crippen LogP contribution is 2.14. The van der Waals surface area contributed by atoms with Crippen LogP contribution in [0.2, 0.25) is 5.02 Å². The zero-order valence-corrected chi connectivity index (χ0v) is 10.8. The van der Waals surface area contributed by atoms with Gasteiger partial charge in [0.25, 0.3) is 0 Å². The predicted molar refractivity (Wildman–Crippen MR) is 69.3 cm³/mol. The van der Waals surface area contributed by atoms with Crippen molar-refractivity contribution in [1.82, 2.24) is 10.2 Å². The van der Waals surface area contributed by atoms with Gasteiger partial charge in [-0.2, -0.15) is 0 Å². The number of nitrogens with zero attached hydrogens (tertiary/aromatic N) is 1. The summed E-state index contributed by atoms with van der Waals surface area (Å²) < 4.78 is 12.9. The molecule has 5 heteroatoms. The highest BCUT2D eigenvalue weighted by molar-refractivity contribution is 6.31. The lowest BCUT2D eigenvalue weighted by atomic mass is 10.2. The van der Waals surface area contributed by atoms with Crippen molar-refractivity contribution in [2.75, 3.05) is 19.6 Å². The molecular formula is C13H16ClFN2O. The summed E-state index contributed by atoms with van der Waals surface area (Å²) in [7, 11) is 0. The van der Waals surface area contributed by atoms with Gasteiger partial charge in [-0.1, -0.05) is 29.8 Å². The third-order valence-electron chi connectivity index (χ3n) is 3.02. The molecule has 0 aromatic heterocycles. The molecule has 1 aliphatic heterocycles. The third kappa shape index (κ3) is 3.68. The second kappa shape index (κ2) is 6.16. The molecule has 1 aliphatic rings. The SMILES string of the molecule is O=C(CN1CCC(F)C1)NCc1ccccc1Cl. The molecule has 0 spiro atoms. The topological polar surface area (TPSA) is 32.3 Å². The molecule has 1 saturated heterocycles. The van der Waals surface area contributed by atoms with E-state index in [0.717, 1.165) is 5.56 Å². The van der Waals surface area contributed by atoms with Gasteiger partial charge in [0.1, 0.15) is 6.17 Å². The first kappa shape index (κ1) is 13.3. The maximum Gasteiger partial charge on any atom is 0.234 e. The van der Waals surface area contributed by atoms with Crippen LogP contribution in [0.15, 0.2) is 24.3 Å². The Kier molecular flexibility index (Phi) is 4.55. The summed E-state index contributed by atoms with van der Waals surface area (Å²) in [6, 6.07) is 7.38. The summed E-state index contributed by atoms with van der Waals surface area (Å²) in [4.78, 5) is 13.5. The van der Waals surface area contributed by atoms with E-state index in [1.54, 1.807) is 6.07 Å². The van der Waals surface area contributed by atoms with Crippen molar-refractivity contribution < 1.29 is 9.18 Å². The van der Waals surface area contributed by atoms with E-state index in [1.165, 1.54) is 0 Å². The standard InChI is InChI=1S/C13H16ClFN2O/c14-12-4-2-1-3-10(12)7-16-13(18)9-17-6-5-11(15)8-17/h1-4,11H,5-9H2,(H,16,18). The molecule has 0 saturated carbocycles. The lowest BCUT2D eigenvalue weighted by Gasteiger charge is -2.14. The van der Waals surface area contributed by atoms with Crippen molar-refractivity contribution in [2.45, 2.75) is 19.1 Å². The largest absolute Gasteiger partial charge is 0.351 e. The molecule has 1 fully saturated rings. The third-order valence-corrected chi connectivity index (χ3v) is 3.38. The monoisotopic (exact) mass is 270 g/mol. The molecular weight excluding hydrogens is 255 g/mol. The van der Waals surface area contributed by atoms with Gasteiger partial charge in [-0.05, 0) is 18.1 Å². The Bertz CT molecular complexity index is 427. The summed E-state index contributed by atoms with van der Waals surface area (Å²) in [5, 5.41) is 3.44. The fraction of sp³-hybridized carbons (Fsp3) is 0.462. The minimum Gasteiger partial charge on any atom is -0.351 e. The molecule has 1 N–H and O–H groups in total. The van der Waals surface area contributed by atoms with Gasteiger partial charge in [-0.3, -0.25) is 9.69 Å². The van der Waals surface area contributed by atoms with Crippen molar-refractivity contribution in [3.63, 3.8) is 0 Å². The predicted octanol–water partition coefficient (Wildman–Crippen LogP) is 2.00. The molecule has 98 valence electrons. The first-order valence-electron chi connectivity index (χ1n) is 6.01. The van der Waals surface area contributed by atoms with E-state index in [9.17, 15) is 9.18 Å². The summed E-state index contributed by atoms with van der Waals surface area (Å²) in [6.45, 7) is 1.68. The molecule has 18 heavy (non-hydrogen) atoms. The van der Waals surface area contributed by atoms with Crippen LogP contribution >= 0.6 is 11.6 Å². The van der Waals surface area contributed by atoms with Crippen LogP contribution in [0.1, 0.15) is 12.0 Å². The van der Waals surface area contributed by atoms with Crippen LogP contribution in [-0.4, -0.2) is 36.6 Å². The fourth-order valence-corrected chi connectivity index (χ4v) is 2.23. The smallest absolute Gasteiger partial charge is 0.234 e. The molecule has 0 aliphatic carbocycles. The maximum absolute atomic E-state index is 12.9. The van der Waals surface area contributed by atoms with Gasteiger partial charge in [-0.15, -0.1) is 0 Å². The van der Waals surface area contributed by atoms with Crippen LogP contribution < -0.4 is 5.32 Å². The van der Waals surface area contributed by atoms with Crippen LogP contribution in [0.3, 0.4) is 0 Å². The zero-order chi connectivity index (χ0) is 13.0. The first-order chi connectivity index (χ1) is 8.65. The summed E-state index contributed by atoms with van der Waals surface area (Å²) in [5.74, 6) is -0.0935. The van der Waals surface area contributed by atoms with E-state index in [2.05, 4.69) is 5.32 Å². The average Bonchev–Trinajstić information content (AvgIpc) is 2.74. The minimum atomic E-state index is -0.790. The van der Waals surface area contributed by atoms with E-state index < -0.39 is 6.17 Å². The normalized spacial score (nSPS) is 20.0. The number of rotatable bonds is 4. The molecule has 1 aromatic carbocycles. The van der Waals surface area contributed by atoms with E-state index in [1.807, 2.05) is 23.1 Å². The van der Waals surface area contributed by atoms with Gasteiger partial charge in [0, 0.05) is 24.7 Å². The summed E-state index contributed by atoms with van der Waals surface area (Å²) >= 11 is 5.99. The van der Waals surface area contributed by atoms with Crippen LogP contribution in [0, 0.1) is 0 Å².